The quantitative estimate of drug-likeness (QED) is 0.752. The van der Waals surface area contributed by atoms with Gasteiger partial charge in [-0.2, -0.15) is 0 Å². The number of carbonyl (C=O) groups excluding carboxylic acids is 2. The molecule has 0 aliphatic heterocycles. The van der Waals surface area contributed by atoms with E-state index in [4.69, 9.17) is 0 Å². The second-order valence-electron chi connectivity index (χ2n) is 4.14. The van der Waals surface area contributed by atoms with E-state index in [-0.39, 0.29) is 5.91 Å². The van der Waals surface area contributed by atoms with Crippen molar-refractivity contribution in [1.82, 2.24) is 4.98 Å². The Morgan fingerprint density at radius 1 is 1.24 bits per heavy atom. The fraction of sp³-hybridized carbons (Fsp3) is 0.0714. The second kappa shape index (κ2) is 5.63. The van der Waals surface area contributed by atoms with E-state index in [2.05, 4.69) is 15.0 Å². The number of methoxy groups -OCH3 is 1. The molecule has 106 valence electrons. The lowest BCUT2D eigenvalue weighted by Crippen LogP contribution is -2.13. The highest BCUT2D eigenvalue weighted by molar-refractivity contribution is 7.16. The molecule has 0 saturated heterocycles. The highest BCUT2D eigenvalue weighted by Crippen LogP contribution is 2.25. The van der Waals surface area contributed by atoms with E-state index in [0.29, 0.717) is 16.1 Å². The minimum Gasteiger partial charge on any atom is -0.465 e. The van der Waals surface area contributed by atoms with Gasteiger partial charge < -0.3 is 10.1 Å². The molecule has 1 amide bonds. The number of amides is 1. The molecule has 21 heavy (non-hydrogen) atoms. The van der Waals surface area contributed by atoms with Crippen molar-refractivity contribution in [3.63, 3.8) is 0 Å². The number of hydrogen-bond acceptors (Lipinski definition) is 6. The molecule has 2 heterocycles. The molecule has 0 unspecified atom stereocenters. The smallest absolute Gasteiger partial charge is 0.340 e. The summed E-state index contributed by atoms with van der Waals surface area (Å²) in [5.41, 5.74) is 3.48. The number of fused-ring (bicyclic) bond motifs is 1. The molecule has 3 rings (SSSR count). The zero-order valence-corrected chi connectivity index (χ0v) is 12.6. The second-order valence-corrected chi connectivity index (χ2v) is 5.95. The van der Waals surface area contributed by atoms with Crippen LogP contribution in [0.4, 0.5) is 5.00 Å². The topological polar surface area (TPSA) is 68.3 Å². The monoisotopic (exact) mass is 318 g/mol. The third kappa shape index (κ3) is 2.65. The van der Waals surface area contributed by atoms with Crippen molar-refractivity contribution in [2.45, 2.75) is 0 Å². The van der Waals surface area contributed by atoms with Gasteiger partial charge in [-0.3, -0.25) is 4.79 Å². The van der Waals surface area contributed by atoms with Crippen LogP contribution in [0.2, 0.25) is 0 Å². The number of anilines is 1. The Balaban J connectivity index is 1.86. The number of thiazole rings is 1. The van der Waals surface area contributed by atoms with Gasteiger partial charge >= 0.3 is 5.97 Å². The zero-order chi connectivity index (χ0) is 14.8. The third-order valence-electron chi connectivity index (χ3n) is 2.89. The lowest BCUT2D eigenvalue weighted by molar-refractivity contribution is 0.0602. The molecule has 0 saturated carbocycles. The van der Waals surface area contributed by atoms with Gasteiger partial charge in [-0.15, -0.1) is 22.7 Å². The molecule has 0 aliphatic carbocycles. The SMILES string of the molecule is COC(=O)c1ccsc1NC(=O)c1ccc2ncsc2c1. The first-order valence-corrected chi connectivity index (χ1v) is 7.75. The van der Waals surface area contributed by atoms with Crippen LogP contribution in [-0.2, 0) is 4.74 Å². The van der Waals surface area contributed by atoms with E-state index in [1.165, 1.54) is 29.8 Å². The molecule has 0 aliphatic rings. The third-order valence-corrected chi connectivity index (χ3v) is 4.51. The van der Waals surface area contributed by atoms with Crippen LogP contribution in [0.3, 0.4) is 0 Å². The molecule has 0 spiro atoms. The molecule has 0 radical (unpaired) electrons. The van der Waals surface area contributed by atoms with Gasteiger partial charge in [0, 0.05) is 5.56 Å². The van der Waals surface area contributed by atoms with E-state index in [0.717, 1.165) is 10.2 Å². The standard InChI is InChI=1S/C14H10N2O3S2/c1-19-14(18)9-4-5-20-13(9)16-12(17)8-2-3-10-11(6-8)21-7-15-10/h2-7H,1H3,(H,16,17). The Morgan fingerprint density at radius 2 is 2.10 bits per heavy atom. The lowest BCUT2D eigenvalue weighted by Gasteiger charge is -2.05. The van der Waals surface area contributed by atoms with Crippen LogP contribution >= 0.6 is 22.7 Å². The number of rotatable bonds is 3. The Morgan fingerprint density at radius 3 is 2.90 bits per heavy atom. The maximum Gasteiger partial charge on any atom is 0.340 e. The van der Waals surface area contributed by atoms with Gasteiger partial charge in [-0.25, -0.2) is 9.78 Å². The van der Waals surface area contributed by atoms with Crippen molar-refractivity contribution in [3.8, 4) is 0 Å². The number of hydrogen-bond donors (Lipinski definition) is 1. The van der Waals surface area contributed by atoms with Gasteiger partial charge in [0.1, 0.15) is 5.00 Å². The fourth-order valence-corrected chi connectivity index (χ4v) is 3.33. The van der Waals surface area contributed by atoms with Gasteiger partial charge in [0.2, 0.25) is 0 Å². The summed E-state index contributed by atoms with van der Waals surface area (Å²) < 4.78 is 5.63. The Hall–Kier alpha value is -2.25. The van der Waals surface area contributed by atoms with Crippen LogP contribution in [0.25, 0.3) is 10.2 Å². The number of thiophene rings is 1. The van der Waals surface area contributed by atoms with Gasteiger partial charge in [0.05, 0.1) is 28.4 Å². The zero-order valence-electron chi connectivity index (χ0n) is 11.0. The molecule has 1 aromatic carbocycles. The number of nitrogens with one attached hydrogen (secondary N) is 1. The van der Waals surface area contributed by atoms with Crippen LogP contribution in [0, 0.1) is 0 Å². The number of aromatic nitrogens is 1. The molecular formula is C14H10N2O3S2. The average Bonchev–Trinajstić information content (AvgIpc) is 3.14. The molecule has 0 bridgehead atoms. The minimum atomic E-state index is -0.468. The molecule has 1 N–H and O–H groups in total. The van der Waals surface area contributed by atoms with Gasteiger partial charge in [0.15, 0.2) is 0 Å². The molecule has 3 aromatic rings. The van der Waals surface area contributed by atoms with Gasteiger partial charge in [-0.05, 0) is 29.6 Å². The number of ether oxygens (including phenoxy) is 1. The van der Waals surface area contributed by atoms with E-state index < -0.39 is 5.97 Å². The van der Waals surface area contributed by atoms with Crippen molar-refractivity contribution in [3.05, 3.63) is 46.3 Å². The maximum absolute atomic E-state index is 12.3. The molecule has 5 nitrogen and oxygen atoms in total. The Kier molecular flexibility index (Phi) is 3.68. The summed E-state index contributed by atoms with van der Waals surface area (Å²) in [5.74, 6) is -0.734. The first kappa shape index (κ1) is 13.7. The summed E-state index contributed by atoms with van der Waals surface area (Å²) in [6, 6.07) is 6.92. The van der Waals surface area contributed by atoms with E-state index in [1.807, 2.05) is 0 Å². The summed E-state index contributed by atoms with van der Waals surface area (Å²) in [7, 11) is 1.31. The summed E-state index contributed by atoms with van der Waals surface area (Å²) >= 11 is 2.75. The van der Waals surface area contributed by atoms with Crippen LogP contribution in [0.1, 0.15) is 20.7 Å². The number of esters is 1. The van der Waals surface area contributed by atoms with E-state index >= 15 is 0 Å². The summed E-state index contributed by atoms with van der Waals surface area (Å²) in [6.07, 6.45) is 0. The lowest BCUT2D eigenvalue weighted by atomic mass is 10.2. The van der Waals surface area contributed by atoms with Crippen LogP contribution in [0.15, 0.2) is 35.2 Å². The van der Waals surface area contributed by atoms with Crippen LogP contribution < -0.4 is 5.32 Å². The Labute approximate surface area is 128 Å². The Bertz CT molecular complexity index is 822. The normalized spacial score (nSPS) is 10.5. The van der Waals surface area contributed by atoms with Gasteiger partial charge in [0.25, 0.3) is 5.91 Å². The molecule has 0 fully saturated rings. The predicted molar refractivity (Wildman–Crippen MR) is 83.2 cm³/mol. The maximum atomic E-state index is 12.3. The number of nitrogens with zero attached hydrogens (tertiary/aromatic N) is 1. The van der Waals surface area contributed by atoms with E-state index in [1.54, 1.807) is 35.2 Å². The number of benzene rings is 1. The first-order chi connectivity index (χ1) is 10.2. The van der Waals surface area contributed by atoms with Gasteiger partial charge in [-0.1, -0.05) is 0 Å². The van der Waals surface area contributed by atoms with Crippen molar-refractivity contribution < 1.29 is 14.3 Å². The van der Waals surface area contributed by atoms with Crippen molar-refractivity contribution in [1.29, 1.82) is 0 Å². The fourth-order valence-electron chi connectivity index (χ4n) is 1.85. The molecular weight excluding hydrogens is 308 g/mol. The summed E-state index contributed by atoms with van der Waals surface area (Å²) in [5, 5.41) is 4.95. The summed E-state index contributed by atoms with van der Waals surface area (Å²) in [6.45, 7) is 0. The largest absolute Gasteiger partial charge is 0.465 e. The van der Waals surface area contributed by atoms with Crippen LogP contribution in [-0.4, -0.2) is 24.0 Å². The minimum absolute atomic E-state index is 0.266. The predicted octanol–water partition coefficient (Wildman–Crippen LogP) is 3.40. The molecule has 0 atom stereocenters. The first-order valence-electron chi connectivity index (χ1n) is 5.99. The van der Waals surface area contributed by atoms with Crippen molar-refractivity contribution >= 4 is 49.8 Å². The molecule has 7 heteroatoms. The highest BCUT2D eigenvalue weighted by atomic mass is 32.1. The average molecular weight is 318 g/mol. The summed E-state index contributed by atoms with van der Waals surface area (Å²) in [4.78, 5) is 28.0. The highest BCUT2D eigenvalue weighted by Gasteiger charge is 2.16. The van der Waals surface area contributed by atoms with Crippen LogP contribution in [0.5, 0.6) is 0 Å². The van der Waals surface area contributed by atoms with E-state index in [9.17, 15) is 9.59 Å². The van der Waals surface area contributed by atoms with Crippen molar-refractivity contribution in [2.24, 2.45) is 0 Å². The molecule has 2 aromatic heterocycles. The number of carbonyl (C=O) groups is 2. The van der Waals surface area contributed by atoms with Crippen molar-refractivity contribution in [2.75, 3.05) is 12.4 Å².